The van der Waals surface area contributed by atoms with E-state index in [1.165, 1.54) is 6.07 Å². The number of benzene rings is 2. The van der Waals surface area contributed by atoms with E-state index in [0.717, 1.165) is 36.6 Å². The molecule has 0 saturated carbocycles. The van der Waals surface area contributed by atoms with Gasteiger partial charge in [-0.3, -0.25) is 14.9 Å². The van der Waals surface area contributed by atoms with Crippen molar-refractivity contribution in [2.24, 2.45) is 5.92 Å². The zero-order chi connectivity index (χ0) is 21.1. The number of nitro groups is 1. The predicted molar refractivity (Wildman–Crippen MR) is 118 cm³/mol. The molecule has 2 aromatic carbocycles. The van der Waals surface area contributed by atoms with Gasteiger partial charge in [-0.25, -0.2) is 0 Å². The average Bonchev–Trinajstić information content (AvgIpc) is 2.79. The van der Waals surface area contributed by atoms with E-state index in [9.17, 15) is 14.9 Å². The average molecular weight is 429 g/mol. The highest BCUT2D eigenvalue weighted by Crippen LogP contribution is 2.32. The molecule has 2 aliphatic rings. The zero-order valence-electron chi connectivity index (χ0n) is 16.7. The van der Waals surface area contributed by atoms with Gasteiger partial charge in [-0.05, 0) is 31.0 Å². The van der Waals surface area contributed by atoms with Gasteiger partial charge in [0.05, 0.1) is 15.6 Å². The van der Waals surface area contributed by atoms with Gasteiger partial charge in [0, 0.05) is 51.3 Å². The second-order valence-electron chi connectivity index (χ2n) is 7.77. The van der Waals surface area contributed by atoms with Crippen LogP contribution in [-0.4, -0.2) is 55.0 Å². The first-order valence-corrected chi connectivity index (χ1v) is 10.7. The van der Waals surface area contributed by atoms with Crippen LogP contribution in [0, 0.1) is 16.0 Å². The number of hydrogen-bond donors (Lipinski definition) is 0. The SMILES string of the molecule is O=C(C1CCN(c2ccccc2[N+](=O)[O-])CC1)N1CCN(c2ccccc2Cl)CC1. The quantitative estimate of drug-likeness (QED) is 0.547. The number of para-hydroxylation sites is 3. The van der Waals surface area contributed by atoms with Crippen molar-refractivity contribution in [3.8, 4) is 0 Å². The smallest absolute Gasteiger partial charge is 0.292 e. The Kier molecular flexibility index (Phi) is 6.08. The monoisotopic (exact) mass is 428 g/mol. The fourth-order valence-electron chi connectivity index (χ4n) is 4.39. The molecule has 8 heteroatoms. The van der Waals surface area contributed by atoms with Gasteiger partial charge in [0.2, 0.25) is 5.91 Å². The number of hydrogen-bond acceptors (Lipinski definition) is 5. The fraction of sp³-hybridized carbons (Fsp3) is 0.409. The van der Waals surface area contributed by atoms with Crippen LogP contribution in [-0.2, 0) is 4.79 Å². The van der Waals surface area contributed by atoms with Gasteiger partial charge in [0.15, 0.2) is 0 Å². The van der Waals surface area contributed by atoms with Gasteiger partial charge in [-0.15, -0.1) is 0 Å². The Labute approximate surface area is 181 Å². The minimum Gasteiger partial charge on any atom is -0.367 e. The van der Waals surface area contributed by atoms with Crippen molar-refractivity contribution in [1.82, 2.24) is 4.90 Å². The van der Waals surface area contributed by atoms with E-state index in [-0.39, 0.29) is 22.4 Å². The summed E-state index contributed by atoms with van der Waals surface area (Å²) in [5, 5.41) is 12.0. The minimum absolute atomic E-state index is 0.0177. The second-order valence-corrected chi connectivity index (χ2v) is 8.18. The molecule has 2 aliphatic heterocycles. The summed E-state index contributed by atoms with van der Waals surface area (Å²) in [5.74, 6) is 0.187. The number of piperazine rings is 1. The van der Waals surface area contributed by atoms with Gasteiger partial charge in [0.25, 0.3) is 5.69 Å². The number of carbonyl (C=O) groups is 1. The fourth-order valence-corrected chi connectivity index (χ4v) is 4.64. The molecule has 1 amide bonds. The molecule has 0 unspecified atom stereocenters. The summed E-state index contributed by atoms with van der Waals surface area (Å²) in [6, 6.07) is 14.6. The van der Waals surface area contributed by atoms with E-state index in [2.05, 4.69) is 4.90 Å². The van der Waals surface area contributed by atoms with Gasteiger partial charge >= 0.3 is 0 Å². The molecule has 0 atom stereocenters. The topological polar surface area (TPSA) is 69.9 Å². The van der Waals surface area contributed by atoms with Crippen LogP contribution < -0.4 is 9.80 Å². The van der Waals surface area contributed by atoms with E-state index < -0.39 is 0 Å². The molecule has 0 radical (unpaired) electrons. The Hall–Kier alpha value is -2.80. The van der Waals surface area contributed by atoms with Crippen molar-refractivity contribution in [1.29, 1.82) is 0 Å². The van der Waals surface area contributed by atoms with Crippen molar-refractivity contribution in [2.45, 2.75) is 12.8 Å². The summed E-state index contributed by atoms with van der Waals surface area (Å²) in [5.41, 5.74) is 1.78. The summed E-state index contributed by atoms with van der Waals surface area (Å²) in [6.45, 7) is 4.22. The molecular formula is C22H25ClN4O3. The maximum absolute atomic E-state index is 13.0. The lowest BCUT2D eigenvalue weighted by Gasteiger charge is -2.39. The molecule has 4 rings (SSSR count). The summed E-state index contributed by atoms with van der Waals surface area (Å²) >= 11 is 6.30. The van der Waals surface area contributed by atoms with Crippen LogP contribution in [0.3, 0.4) is 0 Å². The van der Waals surface area contributed by atoms with E-state index in [4.69, 9.17) is 11.6 Å². The molecule has 0 aliphatic carbocycles. The van der Waals surface area contributed by atoms with Crippen LogP contribution in [0.5, 0.6) is 0 Å². The van der Waals surface area contributed by atoms with Crippen molar-refractivity contribution in [3.63, 3.8) is 0 Å². The van der Waals surface area contributed by atoms with Gasteiger partial charge in [0.1, 0.15) is 5.69 Å². The lowest BCUT2D eigenvalue weighted by atomic mass is 9.94. The first-order chi connectivity index (χ1) is 14.5. The Morgan fingerprint density at radius 3 is 2.07 bits per heavy atom. The van der Waals surface area contributed by atoms with Crippen LogP contribution in [0.2, 0.25) is 5.02 Å². The standard InChI is InChI=1S/C22H25ClN4O3/c23-18-5-1-2-6-19(18)25-13-15-26(16-14-25)22(28)17-9-11-24(12-10-17)20-7-3-4-8-21(20)27(29)30/h1-8,17H,9-16H2. The normalized spacial score (nSPS) is 17.8. The highest BCUT2D eigenvalue weighted by atomic mass is 35.5. The van der Waals surface area contributed by atoms with Crippen LogP contribution in [0.25, 0.3) is 0 Å². The molecule has 30 heavy (non-hydrogen) atoms. The molecule has 2 saturated heterocycles. The highest BCUT2D eigenvalue weighted by molar-refractivity contribution is 6.33. The van der Waals surface area contributed by atoms with E-state index in [1.807, 2.05) is 40.1 Å². The number of nitro benzene ring substituents is 1. The van der Waals surface area contributed by atoms with Gasteiger partial charge in [-0.2, -0.15) is 0 Å². The number of carbonyl (C=O) groups excluding carboxylic acids is 1. The molecule has 0 aromatic heterocycles. The molecule has 2 aromatic rings. The third kappa shape index (κ3) is 4.21. The van der Waals surface area contributed by atoms with Crippen molar-refractivity contribution >= 4 is 34.6 Å². The molecule has 0 spiro atoms. The zero-order valence-corrected chi connectivity index (χ0v) is 17.5. The number of anilines is 2. The molecular weight excluding hydrogens is 404 g/mol. The summed E-state index contributed by atoms with van der Waals surface area (Å²) < 4.78 is 0. The van der Waals surface area contributed by atoms with E-state index >= 15 is 0 Å². The number of rotatable bonds is 4. The van der Waals surface area contributed by atoms with Crippen LogP contribution in [0.4, 0.5) is 17.1 Å². The number of piperidine rings is 1. The number of halogens is 1. The van der Waals surface area contributed by atoms with Crippen LogP contribution in [0.15, 0.2) is 48.5 Å². The first kappa shape index (κ1) is 20.5. The van der Waals surface area contributed by atoms with E-state index in [0.29, 0.717) is 31.9 Å². The van der Waals surface area contributed by atoms with Crippen molar-refractivity contribution < 1.29 is 9.72 Å². The molecule has 2 fully saturated rings. The first-order valence-electron chi connectivity index (χ1n) is 10.3. The Morgan fingerprint density at radius 1 is 0.867 bits per heavy atom. The van der Waals surface area contributed by atoms with Gasteiger partial charge in [-0.1, -0.05) is 35.9 Å². The van der Waals surface area contributed by atoms with E-state index in [1.54, 1.807) is 12.1 Å². The third-order valence-electron chi connectivity index (χ3n) is 6.05. The highest BCUT2D eigenvalue weighted by Gasteiger charge is 2.32. The number of nitrogens with zero attached hydrogens (tertiary/aromatic N) is 4. The van der Waals surface area contributed by atoms with Crippen LogP contribution >= 0.6 is 11.6 Å². The lowest BCUT2D eigenvalue weighted by Crippen LogP contribution is -2.51. The van der Waals surface area contributed by atoms with Crippen LogP contribution in [0.1, 0.15) is 12.8 Å². The molecule has 0 bridgehead atoms. The lowest BCUT2D eigenvalue weighted by molar-refractivity contribution is -0.384. The Balaban J connectivity index is 1.32. The van der Waals surface area contributed by atoms with Crippen molar-refractivity contribution in [3.05, 3.63) is 63.7 Å². The largest absolute Gasteiger partial charge is 0.367 e. The summed E-state index contributed by atoms with van der Waals surface area (Å²) in [4.78, 5) is 30.2. The summed E-state index contributed by atoms with van der Waals surface area (Å²) in [7, 11) is 0. The third-order valence-corrected chi connectivity index (χ3v) is 6.37. The predicted octanol–water partition coefficient (Wildman–Crippen LogP) is 3.81. The number of amides is 1. The Bertz CT molecular complexity index is 922. The molecule has 0 N–H and O–H groups in total. The maximum Gasteiger partial charge on any atom is 0.292 e. The summed E-state index contributed by atoms with van der Waals surface area (Å²) in [6.07, 6.45) is 1.44. The molecule has 7 nitrogen and oxygen atoms in total. The van der Waals surface area contributed by atoms with Gasteiger partial charge < -0.3 is 14.7 Å². The van der Waals surface area contributed by atoms with Crippen molar-refractivity contribution in [2.75, 3.05) is 49.1 Å². The molecule has 158 valence electrons. The second kappa shape index (κ2) is 8.92. The Morgan fingerprint density at radius 2 is 1.43 bits per heavy atom. The minimum atomic E-state index is -0.342. The molecule has 2 heterocycles. The maximum atomic E-state index is 13.0.